The Kier molecular flexibility index (Phi) is 5.67. The zero-order valence-electron chi connectivity index (χ0n) is 17.0. The number of fused-ring (bicyclic) bond motifs is 1. The van der Waals surface area contributed by atoms with E-state index < -0.39 is 11.7 Å². The van der Waals surface area contributed by atoms with E-state index in [1.54, 1.807) is 12.3 Å². The number of aromatic nitrogens is 2. The maximum atomic E-state index is 12.9. The van der Waals surface area contributed by atoms with Gasteiger partial charge < -0.3 is 9.30 Å². The largest absolute Gasteiger partial charge is 0.487 e. The lowest BCUT2D eigenvalue weighted by atomic mass is 10.1. The summed E-state index contributed by atoms with van der Waals surface area (Å²) in [6, 6.07) is 14.5. The molecule has 0 atom stereocenters. The molecule has 31 heavy (non-hydrogen) atoms. The third-order valence-corrected chi connectivity index (χ3v) is 5.64. The van der Waals surface area contributed by atoms with E-state index in [0.717, 1.165) is 45.6 Å². The molecule has 2 aromatic heterocycles. The number of pyridine rings is 1. The van der Waals surface area contributed by atoms with Crippen molar-refractivity contribution in [1.82, 2.24) is 9.55 Å². The van der Waals surface area contributed by atoms with Gasteiger partial charge in [0.2, 0.25) is 0 Å². The zero-order chi connectivity index (χ0) is 22.2. The standard InChI is InChI=1S/C24H20ClF3N2O/c1-15-16(2)30(13-17-3-7-19(8-4-17)24(26,27)28)23-21(11-12-29-22(15)23)31-14-18-5-9-20(25)10-6-18/h3-12H,13-14H2,1-2H3. The van der Waals surface area contributed by atoms with Gasteiger partial charge in [0.25, 0.3) is 0 Å². The first kappa shape index (κ1) is 21.2. The van der Waals surface area contributed by atoms with Gasteiger partial charge in [0.15, 0.2) is 0 Å². The third-order valence-electron chi connectivity index (χ3n) is 5.39. The summed E-state index contributed by atoms with van der Waals surface area (Å²) < 4.78 is 46.8. The van der Waals surface area contributed by atoms with Crippen LogP contribution in [0.15, 0.2) is 60.8 Å². The molecular weight excluding hydrogens is 425 g/mol. The fourth-order valence-electron chi connectivity index (χ4n) is 3.55. The molecule has 0 spiro atoms. The highest BCUT2D eigenvalue weighted by atomic mass is 35.5. The Labute approximate surface area is 183 Å². The summed E-state index contributed by atoms with van der Waals surface area (Å²) in [5.74, 6) is 0.670. The molecule has 0 N–H and O–H groups in total. The maximum Gasteiger partial charge on any atom is 0.416 e. The molecular formula is C24H20ClF3N2O. The van der Waals surface area contributed by atoms with Crippen molar-refractivity contribution in [3.8, 4) is 5.75 Å². The molecule has 4 aromatic rings. The molecule has 0 unspecified atom stereocenters. The van der Waals surface area contributed by atoms with Crippen LogP contribution in [0, 0.1) is 13.8 Å². The first-order valence-corrected chi connectivity index (χ1v) is 10.1. The lowest BCUT2D eigenvalue weighted by Crippen LogP contribution is -2.07. The minimum absolute atomic E-state index is 0.361. The third kappa shape index (κ3) is 4.39. The van der Waals surface area contributed by atoms with Crippen LogP contribution >= 0.6 is 11.6 Å². The number of hydrogen-bond acceptors (Lipinski definition) is 2. The SMILES string of the molecule is Cc1c(C)n(Cc2ccc(C(F)(F)F)cc2)c2c(OCc3ccc(Cl)cc3)ccnc12. The first-order valence-electron chi connectivity index (χ1n) is 9.72. The molecule has 0 saturated heterocycles. The summed E-state index contributed by atoms with van der Waals surface area (Å²) in [5, 5.41) is 0.659. The van der Waals surface area contributed by atoms with Crippen LogP contribution < -0.4 is 4.74 Å². The molecule has 3 nitrogen and oxygen atoms in total. The monoisotopic (exact) mass is 444 g/mol. The van der Waals surface area contributed by atoms with Gasteiger partial charge in [-0.15, -0.1) is 0 Å². The van der Waals surface area contributed by atoms with E-state index in [9.17, 15) is 13.2 Å². The van der Waals surface area contributed by atoms with Crippen molar-refractivity contribution in [2.75, 3.05) is 0 Å². The number of ether oxygens (including phenoxy) is 1. The molecule has 2 heterocycles. The van der Waals surface area contributed by atoms with Crippen LogP contribution in [0.5, 0.6) is 5.75 Å². The summed E-state index contributed by atoms with van der Waals surface area (Å²) in [6.07, 6.45) is -2.65. The second-order valence-electron chi connectivity index (χ2n) is 7.41. The molecule has 0 radical (unpaired) electrons. The van der Waals surface area contributed by atoms with Crippen LogP contribution in [-0.4, -0.2) is 9.55 Å². The molecule has 0 aliphatic rings. The Morgan fingerprint density at radius 2 is 1.58 bits per heavy atom. The van der Waals surface area contributed by atoms with Gasteiger partial charge in [-0.25, -0.2) is 0 Å². The molecule has 0 aliphatic heterocycles. The van der Waals surface area contributed by atoms with E-state index in [1.165, 1.54) is 12.1 Å². The Bertz CT molecular complexity index is 1210. The number of rotatable bonds is 5. The maximum absolute atomic E-state index is 12.9. The van der Waals surface area contributed by atoms with Gasteiger partial charge in [-0.2, -0.15) is 13.2 Å². The number of hydrogen-bond donors (Lipinski definition) is 0. The number of nitrogens with zero attached hydrogens (tertiary/aromatic N) is 2. The Balaban J connectivity index is 1.68. The summed E-state index contributed by atoms with van der Waals surface area (Å²) in [6.45, 7) is 4.73. The second-order valence-corrected chi connectivity index (χ2v) is 7.85. The van der Waals surface area contributed by atoms with E-state index in [1.807, 2.05) is 42.7 Å². The van der Waals surface area contributed by atoms with Crippen molar-refractivity contribution in [2.24, 2.45) is 0 Å². The van der Waals surface area contributed by atoms with Crippen molar-refractivity contribution in [1.29, 1.82) is 0 Å². The van der Waals surface area contributed by atoms with Crippen LogP contribution in [0.2, 0.25) is 5.02 Å². The van der Waals surface area contributed by atoms with Gasteiger partial charge >= 0.3 is 6.18 Å². The van der Waals surface area contributed by atoms with Crippen LogP contribution in [0.4, 0.5) is 13.2 Å². The number of aryl methyl sites for hydroxylation is 1. The fraction of sp³-hybridized carbons (Fsp3) is 0.208. The molecule has 7 heteroatoms. The van der Waals surface area contributed by atoms with Crippen LogP contribution in [0.1, 0.15) is 27.9 Å². The molecule has 4 rings (SSSR count). The second kappa shape index (κ2) is 8.27. The van der Waals surface area contributed by atoms with Crippen molar-refractivity contribution < 1.29 is 17.9 Å². The lowest BCUT2D eigenvalue weighted by Gasteiger charge is -2.13. The molecule has 0 fully saturated rings. The summed E-state index contributed by atoms with van der Waals surface area (Å²) in [4.78, 5) is 4.51. The molecule has 160 valence electrons. The minimum Gasteiger partial charge on any atom is -0.487 e. The summed E-state index contributed by atoms with van der Waals surface area (Å²) in [7, 11) is 0. The molecule has 0 aliphatic carbocycles. The Hall–Kier alpha value is -2.99. The Morgan fingerprint density at radius 1 is 0.935 bits per heavy atom. The van der Waals surface area contributed by atoms with E-state index >= 15 is 0 Å². The highest BCUT2D eigenvalue weighted by Crippen LogP contribution is 2.33. The van der Waals surface area contributed by atoms with Crippen molar-refractivity contribution in [3.05, 3.63) is 93.8 Å². The highest BCUT2D eigenvalue weighted by Gasteiger charge is 2.30. The van der Waals surface area contributed by atoms with Gasteiger partial charge in [-0.05, 0) is 54.8 Å². The molecule has 0 saturated carbocycles. The van der Waals surface area contributed by atoms with Gasteiger partial charge in [0, 0.05) is 29.5 Å². The fourth-order valence-corrected chi connectivity index (χ4v) is 3.68. The van der Waals surface area contributed by atoms with Crippen LogP contribution in [-0.2, 0) is 19.3 Å². The van der Waals surface area contributed by atoms with Crippen LogP contribution in [0.3, 0.4) is 0 Å². The molecule has 2 aromatic carbocycles. The average Bonchev–Trinajstić information content (AvgIpc) is 2.98. The van der Waals surface area contributed by atoms with Gasteiger partial charge in [0.05, 0.1) is 11.1 Å². The number of halogens is 4. The first-order chi connectivity index (χ1) is 14.7. The summed E-state index contributed by atoms with van der Waals surface area (Å²) in [5.41, 5.74) is 4.73. The lowest BCUT2D eigenvalue weighted by molar-refractivity contribution is -0.137. The van der Waals surface area contributed by atoms with E-state index in [-0.39, 0.29) is 0 Å². The smallest absolute Gasteiger partial charge is 0.416 e. The minimum atomic E-state index is -4.35. The summed E-state index contributed by atoms with van der Waals surface area (Å²) >= 11 is 5.94. The van der Waals surface area contributed by atoms with Crippen molar-refractivity contribution in [2.45, 2.75) is 33.2 Å². The van der Waals surface area contributed by atoms with Gasteiger partial charge in [-0.1, -0.05) is 35.9 Å². The van der Waals surface area contributed by atoms with E-state index in [4.69, 9.17) is 16.3 Å². The molecule has 0 amide bonds. The average molecular weight is 445 g/mol. The van der Waals surface area contributed by atoms with Gasteiger partial charge in [0.1, 0.15) is 17.9 Å². The Morgan fingerprint density at radius 3 is 2.23 bits per heavy atom. The van der Waals surface area contributed by atoms with E-state index in [2.05, 4.69) is 4.98 Å². The quantitative estimate of drug-likeness (QED) is 0.333. The molecule has 0 bridgehead atoms. The van der Waals surface area contributed by atoms with Crippen molar-refractivity contribution >= 4 is 22.6 Å². The number of alkyl halides is 3. The predicted molar refractivity (Wildman–Crippen MR) is 116 cm³/mol. The number of benzene rings is 2. The van der Waals surface area contributed by atoms with Crippen molar-refractivity contribution in [3.63, 3.8) is 0 Å². The normalized spacial score (nSPS) is 11.8. The van der Waals surface area contributed by atoms with E-state index in [0.29, 0.717) is 23.9 Å². The highest BCUT2D eigenvalue weighted by molar-refractivity contribution is 6.30. The topological polar surface area (TPSA) is 27.1 Å². The van der Waals surface area contributed by atoms with Crippen LogP contribution in [0.25, 0.3) is 11.0 Å². The predicted octanol–water partition coefficient (Wildman–Crippen LogP) is 6.95. The van der Waals surface area contributed by atoms with Gasteiger partial charge in [-0.3, -0.25) is 4.98 Å². The zero-order valence-corrected chi connectivity index (χ0v) is 17.8.